The smallest absolute Gasteiger partial charge is 0.263 e. The van der Waals surface area contributed by atoms with Crippen molar-refractivity contribution in [1.29, 1.82) is 0 Å². The zero-order valence-electron chi connectivity index (χ0n) is 7.57. The molecule has 0 bridgehead atoms. The summed E-state index contributed by atoms with van der Waals surface area (Å²) in [5.74, 6) is 0.162. The molecule has 14 heavy (non-hydrogen) atoms. The average Bonchev–Trinajstić information content (AvgIpc) is 2.72. The van der Waals surface area contributed by atoms with Gasteiger partial charge in [0.15, 0.2) is 0 Å². The van der Waals surface area contributed by atoms with Gasteiger partial charge in [0.1, 0.15) is 0 Å². The van der Waals surface area contributed by atoms with Crippen molar-refractivity contribution in [3.8, 4) is 0 Å². The van der Waals surface area contributed by atoms with Crippen molar-refractivity contribution >= 4 is 12.2 Å². The lowest BCUT2D eigenvalue weighted by Gasteiger charge is -1.94. The lowest BCUT2D eigenvalue weighted by Crippen LogP contribution is -2.01. The molecule has 0 atom stereocenters. The lowest BCUT2D eigenvalue weighted by atomic mass is 10.5. The Morgan fingerprint density at radius 1 is 1.57 bits per heavy atom. The summed E-state index contributed by atoms with van der Waals surface area (Å²) in [4.78, 5) is 1.16. The molecule has 0 fully saturated rings. The molecule has 0 aliphatic carbocycles. The van der Waals surface area contributed by atoms with Crippen molar-refractivity contribution < 1.29 is 0 Å². The number of nitrogens with zero attached hydrogens (tertiary/aromatic N) is 6. The first-order valence-electron chi connectivity index (χ1n) is 3.97. The second-order valence-electron chi connectivity index (χ2n) is 2.72. The topological polar surface area (TPSA) is 86.9 Å². The summed E-state index contributed by atoms with van der Waals surface area (Å²) in [6.45, 7) is 0. The van der Waals surface area contributed by atoms with Gasteiger partial charge < -0.3 is 10.3 Å². The largest absolute Gasteiger partial charge is 0.365 e. The van der Waals surface area contributed by atoms with Crippen LogP contribution >= 0.6 is 0 Å². The van der Waals surface area contributed by atoms with Crippen LogP contribution in [-0.4, -0.2) is 31.1 Å². The van der Waals surface area contributed by atoms with Crippen LogP contribution in [0.4, 0.5) is 5.95 Å². The number of aromatic nitrogens is 5. The van der Waals surface area contributed by atoms with Gasteiger partial charge in [0.25, 0.3) is 5.95 Å². The molecule has 0 saturated carbocycles. The van der Waals surface area contributed by atoms with Gasteiger partial charge in [-0.1, -0.05) is 9.89 Å². The zero-order chi connectivity index (χ0) is 9.97. The van der Waals surface area contributed by atoms with Gasteiger partial charge in [-0.05, 0) is 22.6 Å². The maximum absolute atomic E-state index is 5.42. The standard InChI is InChI=1S/C7H9N7/c1-13-4-2-3-6(13)5-9-14-7(8)10-11-12-14/h2-5H,1H3,(H2,8,10,12). The molecule has 7 nitrogen and oxygen atoms in total. The molecule has 0 aliphatic heterocycles. The lowest BCUT2D eigenvalue weighted by molar-refractivity contribution is 0.698. The molecule has 2 aromatic rings. The first kappa shape index (κ1) is 8.42. The van der Waals surface area contributed by atoms with Crippen molar-refractivity contribution in [3.63, 3.8) is 0 Å². The highest BCUT2D eigenvalue weighted by Crippen LogP contribution is 1.96. The normalized spacial score (nSPS) is 11.2. The highest BCUT2D eigenvalue weighted by atomic mass is 15.7. The van der Waals surface area contributed by atoms with Crippen LogP contribution in [0.2, 0.25) is 0 Å². The van der Waals surface area contributed by atoms with Crippen LogP contribution < -0.4 is 5.73 Å². The summed E-state index contributed by atoms with van der Waals surface area (Å²) in [5.41, 5.74) is 6.37. The number of anilines is 1. The molecule has 0 spiro atoms. The summed E-state index contributed by atoms with van der Waals surface area (Å²) in [6.07, 6.45) is 3.55. The van der Waals surface area contributed by atoms with E-state index >= 15 is 0 Å². The molecular formula is C7H9N7. The Labute approximate surface area is 79.8 Å². The molecule has 0 aliphatic rings. The number of nitrogen functional groups attached to an aromatic ring is 1. The summed E-state index contributed by atoms with van der Waals surface area (Å²) in [5, 5.41) is 14.4. The van der Waals surface area contributed by atoms with Crippen LogP contribution in [0.5, 0.6) is 0 Å². The van der Waals surface area contributed by atoms with Gasteiger partial charge in [0.05, 0.1) is 11.9 Å². The summed E-state index contributed by atoms with van der Waals surface area (Å²) >= 11 is 0. The Balaban J connectivity index is 2.23. The maximum atomic E-state index is 5.42. The number of nitrogens with two attached hydrogens (primary N) is 1. The third kappa shape index (κ3) is 1.47. The Kier molecular flexibility index (Phi) is 1.98. The molecule has 7 heteroatoms. The maximum Gasteiger partial charge on any atom is 0.263 e. The van der Waals surface area contributed by atoms with E-state index in [1.807, 2.05) is 29.9 Å². The van der Waals surface area contributed by atoms with E-state index in [-0.39, 0.29) is 5.95 Å². The van der Waals surface area contributed by atoms with E-state index < -0.39 is 0 Å². The zero-order valence-corrected chi connectivity index (χ0v) is 7.57. The minimum absolute atomic E-state index is 0.162. The van der Waals surface area contributed by atoms with Gasteiger partial charge in [0.2, 0.25) is 0 Å². The van der Waals surface area contributed by atoms with Crippen molar-refractivity contribution in [2.24, 2.45) is 12.1 Å². The second kappa shape index (κ2) is 3.29. The number of hydrogen-bond donors (Lipinski definition) is 1. The highest BCUT2D eigenvalue weighted by molar-refractivity contribution is 5.77. The van der Waals surface area contributed by atoms with Crippen molar-refractivity contribution in [3.05, 3.63) is 24.0 Å². The first-order chi connectivity index (χ1) is 6.77. The number of aryl methyl sites for hydroxylation is 1. The molecule has 0 unspecified atom stereocenters. The third-order valence-corrected chi connectivity index (χ3v) is 1.76. The molecule has 72 valence electrons. The fraction of sp³-hybridized carbons (Fsp3) is 0.143. The Hall–Kier alpha value is -2.18. The van der Waals surface area contributed by atoms with Gasteiger partial charge in [-0.15, -0.1) is 0 Å². The van der Waals surface area contributed by atoms with Crippen LogP contribution in [-0.2, 0) is 7.05 Å². The molecular weight excluding hydrogens is 182 g/mol. The second-order valence-corrected chi connectivity index (χ2v) is 2.72. The summed E-state index contributed by atoms with van der Waals surface area (Å²) in [7, 11) is 1.92. The van der Waals surface area contributed by atoms with E-state index in [0.717, 1.165) is 10.5 Å². The molecule has 0 saturated heterocycles. The minimum Gasteiger partial charge on any atom is -0.365 e. The molecule has 0 aromatic carbocycles. The van der Waals surface area contributed by atoms with Gasteiger partial charge in [-0.3, -0.25) is 0 Å². The Morgan fingerprint density at radius 2 is 2.43 bits per heavy atom. The first-order valence-corrected chi connectivity index (χ1v) is 3.97. The average molecular weight is 191 g/mol. The predicted octanol–water partition coefficient (Wildman–Crippen LogP) is -0.524. The van der Waals surface area contributed by atoms with Crippen molar-refractivity contribution in [1.82, 2.24) is 24.9 Å². The van der Waals surface area contributed by atoms with Crippen LogP contribution in [0.3, 0.4) is 0 Å². The summed E-state index contributed by atoms with van der Waals surface area (Å²) in [6, 6.07) is 3.84. The van der Waals surface area contributed by atoms with Crippen LogP contribution in [0.25, 0.3) is 0 Å². The molecule has 0 amide bonds. The monoisotopic (exact) mass is 191 g/mol. The van der Waals surface area contributed by atoms with Gasteiger partial charge in [0, 0.05) is 13.2 Å². The molecule has 2 rings (SSSR count). The van der Waals surface area contributed by atoms with E-state index in [1.165, 1.54) is 0 Å². The summed E-state index contributed by atoms with van der Waals surface area (Å²) < 4.78 is 1.92. The van der Waals surface area contributed by atoms with E-state index in [2.05, 4.69) is 20.6 Å². The van der Waals surface area contributed by atoms with E-state index in [4.69, 9.17) is 5.73 Å². The molecule has 2 N–H and O–H groups in total. The van der Waals surface area contributed by atoms with Crippen LogP contribution in [0.15, 0.2) is 23.4 Å². The highest BCUT2D eigenvalue weighted by Gasteiger charge is 1.97. The Bertz CT molecular complexity index is 410. The molecule has 0 radical (unpaired) electrons. The SMILES string of the molecule is Cn1cccc1C=Nn1nnnc1N. The Morgan fingerprint density at radius 3 is 3.00 bits per heavy atom. The molecule has 2 aromatic heterocycles. The number of tetrazole rings is 1. The number of hydrogen-bond acceptors (Lipinski definition) is 5. The predicted molar refractivity (Wildman–Crippen MR) is 50.6 cm³/mol. The van der Waals surface area contributed by atoms with E-state index in [0.29, 0.717) is 0 Å². The van der Waals surface area contributed by atoms with Gasteiger partial charge in [-0.25, -0.2) is 0 Å². The molecule has 2 heterocycles. The van der Waals surface area contributed by atoms with Gasteiger partial charge in [-0.2, -0.15) is 5.10 Å². The van der Waals surface area contributed by atoms with Crippen LogP contribution in [0.1, 0.15) is 5.69 Å². The minimum atomic E-state index is 0.162. The van der Waals surface area contributed by atoms with E-state index in [9.17, 15) is 0 Å². The number of rotatable bonds is 2. The van der Waals surface area contributed by atoms with E-state index in [1.54, 1.807) is 6.21 Å². The fourth-order valence-corrected chi connectivity index (χ4v) is 0.994. The van der Waals surface area contributed by atoms with Crippen molar-refractivity contribution in [2.75, 3.05) is 5.73 Å². The van der Waals surface area contributed by atoms with Crippen LogP contribution in [0, 0.1) is 0 Å². The van der Waals surface area contributed by atoms with Gasteiger partial charge >= 0.3 is 0 Å². The quantitative estimate of drug-likeness (QED) is 0.647. The van der Waals surface area contributed by atoms with Crippen molar-refractivity contribution in [2.45, 2.75) is 0 Å². The fourth-order valence-electron chi connectivity index (χ4n) is 0.994. The third-order valence-electron chi connectivity index (χ3n) is 1.76.